The van der Waals surface area contributed by atoms with E-state index in [0.717, 1.165) is 74.3 Å². The maximum absolute atomic E-state index is 11.9. The molecule has 2 unspecified atom stereocenters. The molecule has 1 aromatic carbocycles. The van der Waals surface area contributed by atoms with Crippen molar-refractivity contribution in [3.8, 4) is 11.5 Å². The van der Waals surface area contributed by atoms with Crippen LogP contribution in [-0.2, 0) is 36.6 Å². The van der Waals surface area contributed by atoms with Gasteiger partial charge in [0.15, 0.2) is 0 Å². The summed E-state index contributed by atoms with van der Waals surface area (Å²) in [6.07, 6.45) is 6.06. The summed E-state index contributed by atoms with van der Waals surface area (Å²) in [5.41, 5.74) is 4.41. The quantitative estimate of drug-likeness (QED) is 0.528. The molecule has 192 valence electrons. The fraction of sp³-hybridized carbons (Fsp3) is 0.640. The predicted octanol–water partition coefficient (Wildman–Crippen LogP) is 3.33. The maximum atomic E-state index is 11.9. The van der Waals surface area contributed by atoms with Gasteiger partial charge < -0.3 is 18.9 Å². The second-order valence-electron chi connectivity index (χ2n) is 9.64. The van der Waals surface area contributed by atoms with Gasteiger partial charge in [-0.3, -0.25) is 4.18 Å². The van der Waals surface area contributed by atoms with Crippen LogP contribution in [0.1, 0.15) is 66.3 Å². The van der Waals surface area contributed by atoms with Gasteiger partial charge in [0.2, 0.25) is 0 Å². The normalized spacial score (nSPS) is 26.9. The van der Waals surface area contributed by atoms with Crippen LogP contribution in [0.4, 0.5) is 0 Å². The first-order valence-electron chi connectivity index (χ1n) is 12.3. The van der Waals surface area contributed by atoms with Crippen LogP contribution in [0.5, 0.6) is 11.5 Å². The van der Waals surface area contributed by atoms with Gasteiger partial charge in [-0.25, -0.2) is 4.68 Å². The summed E-state index contributed by atoms with van der Waals surface area (Å²) in [6.45, 7) is 1.36. The van der Waals surface area contributed by atoms with Crippen molar-refractivity contribution < 1.29 is 31.5 Å². The lowest BCUT2D eigenvalue weighted by Crippen LogP contribution is -2.25. The predicted molar refractivity (Wildman–Crippen MR) is 129 cm³/mol. The van der Waals surface area contributed by atoms with Gasteiger partial charge in [-0.2, -0.15) is 13.5 Å². The third-order valence-electron chi connectivity index (χ3n) is 7.28. The molecule has 35 heavy (non-hydrogen) atoms. The number of rotatable bonds is 7. The Labute approximate surface area is 206 Å². The molecule has 10 heteroatoms. The molecule has 0 spiro atoms. The van der Waals surface area contributed by atoms with E-state index in [1.54, 1.807) is 14.2 Å². The Kier molecular flexibility index (Phi) is 7.07. The number of fused-ring (bicyclic) bond motifs is 1. The van der Waals surface area contributed by atoms with Gasteiger partial charge in [-0.05, 0) is 67.7 Å². The first-order valence-corrected chi connectivity index (χ1v) is 14.1. The average molecular weight is 507 g/mol. The molecule has 5 rings (SSSR count). The summed E-state index contributed by atoms with van der Waals surface area (Å²) >= 11 is 0. The minimum absolute atomic E-state index is 0.110. The number of nitrogens with zero attached hydrogens (tertiary/aromatic N) is 2. The number of hydrogen-bond acceptors (Lipinski definition) is 8. The molecule has 4 atom stereocenters. The molecule has 1 aromatic heterocycles. The highest BCUT2D eigenvalue weighted by Crippen LogP contribution is 2.42. The molecule has 2 saturated heterocycles. The molecule has 2 aromatic rings. The fourth-order valence-corrected chi connectivity index (χ4v) is 6.22. The van der Waals surface area contributed by atoms with Crippen molar-refractivity contribution in [2.45, 2.75) is 62.7 Å². The van der Waals surface area contributed by atoms with E-state index < -0.39 is 16.2 Å². The fourth-order valence-electron chi connectivity index (χ4n) is 5.58. The third kappa shape index (κ3) is 5.21. The first-order chi connectivity index (χ1) is 16.9. The molecule has 2 fully saturated rings. The molecule has 3 heterocycles. The molecule has 9 nitrogen and oxygen atoms in total. The first kappa shape index (κ1) is 24.5. The lowest BCUT2D eigenvalue weighted by molar-refractivity contribution is -0.0417. The van der Waals surface area contributed by atoms with Gasteiger partial charge >= 0.3 is 0 Å². The van der Waals surface area contributed by atoms with Gasteiger partial charge in [-0.15, -0.1) is 0 Å². The summed E-state index contributed by atoms with van der Waals surface area (Å²) in [5, 5.41) is 5.06. The highest BCUT2D eigenvalue weighted by molar-refractivity contribution is 7.86. The second kappa shape index (κ2) is 10.1. The van der Waals surface area contributed by atoms with Crippen LogP contribution in [-0.4, -0.2) is 64.6 Å². The van der Waals surface area contributed by atoms with E-state index in [4.69, 9.17) is 28.2 Å². The zero-order valence-corrected chi connectivity index (χ0v) is 21.4. The van der Waals surface area contributed by atoms with Crippen molar-refractivity contribution in [3.63, 3.8) is 0 Å². The van der Waals surface area contributed by atoms with Gasteiger partial charge in [0.05, 0.1) is 45.3 Å². The Balaban J connectivity index is 1.51. The Morgan fingerprint density at radius 3 is 2.49 bits per heavy atom. The van der Waals surface area contributed by atoms with Crippen molar-refractivity contribution >= 4 is 10.1 Å². The maximum Gasteiger partial charge on any atom is 0.264 e. The zero-order valence-electron chi connectivity index (χ0n) is 20.6. The molecular formula is C25H34N2O7S. The topological polar surface area (TPSA) is 98.1 Å². The van der Waals surface area contributed by atoms with Crippen LogP contribution in [0.25, 0.3) is 0 Å². The standard InChI is InChI=1S/C25H34N2O7S/c1-30-18-10-17(11-19(13-18)31-2)16-7-8-20-22(12-16)27(24-6-4-5-9-33-24)26-25(20)21-14-32-15-23(21)34-35(3,28)29/h10-11,13,16,21,23-24H,4-9,12,14-15H2,1-3H3/t16?,21-,23-,24?/m0/s1. The SMILES string of the molecule is COc1cc(OC)cc(C2CCc3c([C@H]4COC[C@@H]4OS(C)(=O)=O)nn(C4CCCCO4)c3C2)c1. The second-order valence-corrected chi connectivity index (χ2v) is 11.2. The molecule has 0 N–H and O–H groups in total. The number of benzene rings is 1. The lowest BCUT2D eigenvalue weighted by Gasteiger charge is -2.29. The van der Waals surface area contributed by atoms with E-state index in [1.165, 1.54) is 11.1 Å². The summed E-state index contributed by atoms with van der Waals surface area (Å²) in [7, 11) is -0.275. The molecule has 0 saturated carbocycles. The van der Waals surface area contributed by atoms with Crippen molar-refractivity contribution in [1.29, 1.82) is 0 Å². The van der Waals surface area contributed by atoms with Gasteiger partial charge in [-0.1, -0.05) is 0 Å². The van der Waals surface area contributed by atoms with Gasteiger partial charge in [0.25, 0.3) is 10.1 Å². The molecule has 1 aliphatic carbocycles. The van der Waals surface area contributed by atoms with Crippen LogP contribution in [0.15, 0.2) is 18.2 Å². The van der Waals surface area contributed by atoms with E-state index in [2.05, 4.69) is 16.8 Å². The Morgan fingerprint density at radius 1 is 1.06 bits per heavy atom. The minimum atomic E-state index is -3.60. The van der Waals surface area contributed by atoms with Crippen molar-refractivity contribution in [1.82, 2.24) is 9.78 Å². The number of ether oxygens (including phenoxy) is 4. The highest BCUT2D eigenvalue weighted by Gasteiger charge is 2.40. The largest absolute Gasteiger partial charge is 0.497 e. The van der Waals surface area contributed by atoms with Crippen LogP contribution in [0.2, 0.25) is 0 Å². The third-order valence-corrected chi connectivity index (χ3v) is 7.88. The lowest BCUT2D eigenvalue weighted by atomic mass is 9.80. The number of methoxy groups -OCH3 is 2. The Hall–Kier alpha value is -2.14. The molecule has 0 radical (unpaired) electrons. The zero-order chi connectivity index (χ0) is 24.6. The highest BCUT2D eigenvalue weighted by atomic mass is 32.2. The number of hydrogen-bond donors (Lipinski definition) is 0. The van der Waals surface area contributed by atoms with E-state index in [9.17, 15) is 8.42 Å². The molecule has 2 aliphatic heterocycles. The van der Waals surface area contributed by atoms with Crippen molar-refractivity contribution in [2.75, 3.05) is 40.3 Å². The Bertz CT molecular complexity index is 1130. The van der Waals surface area contributed by atoms with Crippen LogP contribution in [0, 0.1) is 0 Å². The van der Waals surface area contributed by atoms with Crippen LogP contribution < -0.4 is 9.47 Å². The summed E-state index contributed by atoms with van der Waals surface area (Å²) in [6, 6.07) is 6.05. The summed E-state index contributed by atoms with van der Waals surface area (Å²) in [4.78, 5) is 0. The van der Waals surface area contributed by atoms with Gasteiger partial charge in [0, 0.05) is 18.4 Å². The number of aromatic nitrogens is 2. The van der Waals surface area contributed by atoms with Crippen molar-refractivity contribution in [2.24, 2.45) is 0 Å². The molecule has 0 amide bonds. The van der Waals surface area contributed by atoms with E-state index in [1.807, 2.05) is 6.07 Å². The van der Waals surface area contributed by atoms with Crippen LogP contribution >= 0.6 is 0 Å². The van der Waals surface area contributed by atoms with E-state index >= 15 is 0 Å². The minimum Gasteiger partial charge on any atom is -0.497 e. The molecule has 0 bridgehead atoms. The van der Waals surface area contributed by atoms with Crippen LogP contribution in [0.3, 0.4) is 0 Å². The smallest absolute Gasteiger partial charge is 0.264 e. The summed E-state index contributed by atoms with van der Waals surface area (Å²) < 4.78 is 54.0. The average Bonchev–Trinajstić information content (AvgIpc) is 3.46. The molecular weight excluding hydrogens is 472 g/mol. The summed E-state index contributed by atoms with van der Waals surface area (Å²) in [5.74, 6) is 1.61. The molecule has 3 aliphatic rings. The monoisotopic (exact) mass is 506 g/mol. The van der Waals surface area contributed by atoms with E-state index in [-0.39, 0.29) is 24.7 Å². The van der Waals surface area contributed by atoms with Gasteiger partial charge in [0.1, 0.15) is 23.8 Å². The van der Waals surface area contributed by atoms with Crippen molar-refractivity contribution in [3.05, 3.63) is 40.7 Å². The van der Waals surface area contributed by atoms with E-state index in [0.29, 0.717) is 6.61 Å². The Morgan fingerprint density at radius 2 is 1.83 bits per heavy atom.